The van der Waals surface area contributed by atoms with E-state index >= 15 is 0 Å². The maximum atomic E-state index is 4.59. The zero-order valence-corrected chi connectivity index (χ0v) is 11.3. The Morgan fingerprint density at radius 2 is 2.19 bits per heavy atom. The van der Waals surface area contributed by atoms with Gasteiger partial charge in [0.05, 0.1) is 5.69 Å². The number of pyridine rings is 1. The molecule has 0 aromatic carbocycles. The van der Waals surface area contributed by atoms with Crippen LogP contribution < -0.4 is 0 Å². The minimum atomic E-state index is 0.480. The molecule has 2 heteroatoms. The highest BCUT2D eigenvalue weighted by Gasteiger charge is 2.51. The van der Waals surface area contributed by atoms with Crippen LogP contribution in [-0.2, 0) is 0 Å². The molecule has 0 spiro atoms. The minimum absolute atomic E-state index is 0.480. The highest BCUT2D eigenvalue weighted by Crippen LogP contribution is 2.61. The molecule has 0 saturated heterocycles. The van der Waals surface area contributed by atoms with Crippen molar-refractivity contribution in [3.8, 4) is 0 Å². The van der Waals surface area contributed by atoms with E-state index < -0.39 is 0 Å². The summed E-state index contributed by atoms with van der Waals surface area (Å²) in [6.45, 7) is 4.80. The molecule has 0 N–H and O–H groups in total. The van der Waals surface area contributed by atoms with E-state index in [1.165, 1.54) is 18.4 Å². The van der Waals surface area contributed by atoms with E-state index in [0.29, 0.717) is 11.3 Å². The van der Waals surface area contributed by atoms with Crippen LogP contribution in [0.4, 0.5) is 0 Å². The van der Waals surface area contributed by atoms with Crippen LogP contribution in [0.15, 0.2) is 28.9 Å². The van der Waals surface area contributed by atoms with Crippen molar-refractivity contribution in [2.24, 2.45) is 17.3 Å². The lowest BCUT2D eigenvalue weighted by Gasteiger charge is -2.56. The fourth-order valence-corrected chi connectivity index (χ4v) is 3.55. The molecule has 84 valence electrons. The van der Waals surface area contributed by atoms with Crippen molar-refractivity contribution in [1.82, 2.24) is 4.98 Å². The molecule has 3 aliphatic carbocycles. The standard InChI is InChI=1S/C14H16BrN/c1-14(2)9-6-7-10(11(14)8-9)12-4-3-5-13(15)16-12/h3-5,7,9,11H,6,8H2,1-2H3/t9-,11+/m0/s1. The van der Waals surface area contributed by atoms with Gasteiger partial charge in [-0.2, -0.15) is 0 Å². The highest BCUT2D eigenvalue weighted by atomic mass is 79.9. The first-order valence-corrected chi connectivity index (χ1v) is 6.71. The molecule has 1 saturated carbocycles. The first-order chi connectivity index (χ1) is 7.59. The zero-order chi connectivity index (χ0) is 11.3. The van der Waals surface area contributed by atoms with Crippen molar-refractivity contribution in [3.05, 3.63) is 34.6 Å². The maximum absolute atomic E-state index is 4.59. The van der Waals surface area contributed by atoms with Gasteiger partial charge < -0.3 is 0 Å². The summed E-state index contributed by atoms with van der Waals surface area (Å²) in [6.07, 6.45) is 4.99. The predicted molar refractivity (Wildman–Crippen MR) is 69.9 cm³/mol. The van der Waals surface area contributed by atoms with Crippen LogP contribution >= 0.6 is 15.9 Å². The second kappa shape index (κ2) is 3.43. The lowest BCUT2D eigenvalue weighted by atomic mass is 9.48. The molecular formula is C14H16BrN. The van der Waals surface area contributed by atoms with E-state index in [-0.39, 0.29) is 0 Å². The van der Waals surface area contributed by atoms with E-state index in [0.717, 1.165) is 16.2 Å². The van der Waals surface area contributed by atoms with Crippen molar-refractivity contribution < 1.29 is 0 Å². The van der Waals surface area contributed by atoms with Gasteiger partial charge in [0.15, 0.2) is 0 Å². The first-order valence-electron chi connectivity index (χ1n) is 5.92. The average molecular weight is 278 g/mol. The Balaban J connectivity index is 2.00. The van der Waals surface area contributed by atoms with Gasteiger partial charge in [0.25, 0.3) is 0 Å². The Morgan fingerprint density at radius 1 is 1.38 bits per heavy atom. The highest BCUT2D eigenvalue weighted by molar-refractivity contribution is 9.10. The van der Waals surface area contributed by atoms with Crippen LogP contribution in [0, 0.1) is 17.3 Å². The lowest BCUT2D eigenvalue weighted by molar-refractivity contribution is 0.0111. The number of allylic oxidation sites excluding steroid dienone is 2. The molecule has 2 atom stereocenters. The summed E-state index contributed by atoms with van der Waals surface area (Å²) in [6, 6.07) is 6.19. The Labute approximate surface area is 105 Å². The zero-order valence-electron chi connectivity index (χ0n) is 9.70. The summed E-state index contributed by atoms with van der Waals surface area (Å²) in [4.78, 5) is 4.59. The number of halogens is 1. The molecule has 1 fully saturated rings. The number of aromatic nitrogens is 1. The van der Waals surface area contributed by atoms with Crippen molar-refractivity contribution in [2.75, 3.05) is 0 Å². The molecule has 0 amide bonds. The van der Waals surface area contributed by atoms with E-state index in [2.05, 4.69) is 53.0 Å². The average Bonchev–Trinajstić information content (AvgIpc) is 2.29. The molecule has 1 aromatic heterocycles. The fourth-order valence-electron chi connectivity index (χ4n) is 3.21. The molecule has 16 heavy (non-hydrogen) atoms. The van der Waals surface area contributed by atoms with Crippen LogP contribution in [0.5, 0.6) is 0 Å². The Morgan fingerprint density at radius 3 is 2.81 bits per heavy atom. The second-order valence-corrected chi connectivity index (χ2v) is 6.36. The SMILES string of the molecule is CC1(C)[C@H]2CC=C(c3cccc(Br)n3)[C@H]1C2. The molecule has 1 heterocycles. The summed E-state index contributed by atoms with van der Waals surface area (Å²) >= 11 is 3.45. The van der Waals surface area contributed by atoms with Crippen LogP contribution in [0.1, 0.15) is 32.4 Å². The Hall–Kier alpha value is -0.630. The Kier molecular flexibility index (Phi) is 2.25. The van der Waals surface area contributed by atoms with Gasteiger partial charge in [0.2, 0.25) is 0 Å². The third kappa shape index (κ3) is 1.39. The number of fused-ring (bicyclic) bond motifs is 1. The number of rotatable bonds is 1. The topological polar surface area (TPSA) is 12.9 Å². The maximum Gasteiger partial charge on any atom is 0.106 e. The normalized spacial score (nSPS) is 30.6. The second-order valence-electron chi connectivity index (χ2n) is 5.55. The number of hydrogen-bond donors (Lipinski definition) is 0. The quantitative estimate of drug-likeness (QED) is 0.698. The van der Waals surface area contributed by atoms with Crippen LogP contribution in [-0.4, -0.2) is 4.98 Å². The van der Waals surface area contributed by atoms with Crippen LogP contribution in [0.2, 0.25) is 0 Å². The molecular weight excluding hydrogens is 262 g/mol. The monoisotopic (exact) mass is 277 g/mol. The molecule has 4 rings (SSSR count). The van der Waals surface area contributed by atoms with Gasteiger partial charge in [-0.15, -0.1) is 0 Å². The van der Waals surface area contributed by atoms with E-state index in [1.807, 2.05) is 6.07 Å². The number of nitrogens with zero attached hydrogens (tertiary/aromatic N) is 1. The van der Waals surface area contributed by atoms with Crippen molar-refractivity contribution in [1.29, 1.82) is 0 Å². The molecule has 1 aromatic rings. The van der Waals surface area contributed by atoms with Gasteiger partial charge in [0.1, 0.15) is 4.60 Å². The predicted octanol–water partition coefficient (Wildman–Crippen LogP) is 4.29. The van der Waals surface area contributed by atoms with Crippen molar-refractivity contribution >= 4 is 21.5 Å². The first kappa shape index (κ1) is 10.5. The Bertz CT molecular complexity index is 462. The van der Waals surface area contributed by atoms with Crippen LogP contribution in [0.25, 0.3) is 5.57 Å². The molecule has 1 nitrogen and oxygen atoms in total. The smallest absolute Gasteiger partial charge is 0.106 e. The third-order valence-electron chi connectivity index (χ3n) is 4.48. The molecule has 0 aliphatic heterocycles. The molecule has 3 aliphatic rings. The summed E-state index contributed by atoms with van der Waals surface area (Å²) in [5, 5.41) is 0. The van der Waals surface area contributed by atoms with Gasteiger partial charge in [0, 0.05) is 0 Å². The van der Waals surface area contributed by atoms with E-state index in [9.17, 15) is 0 Å². The van der Waals surface area contributed by atoms with E-state index in [4.69, 9.17) is 0 Å². The van der Waals surface area contributed by atoms with Gasteiger partial charge in [-0.25, -0.2) is 4.98 Å². The van der Waals surface area contributed by atoms with Gasteiger partial charge in [-0.3, -0.25) is 0 Å². The summed E-state index contributed by atoms with van der Waals surface area (Å²) in [5.74, 6) is 1.61. The van der Waals surface area contributed by atoms with Gasteiger partial charge in [-0.05, 0) is 63.7 Å². The van der Waals surface area contributed by atoms with Crippen molar-refractivity contribution in [3.63, 3.8) is 0 Å². The van der Waals surface area contributed by atoms with Gasteiger partial charge in [-0.1, -0.05) is 26.0 Å². The van der Waals surface area contributed by atoms with Crippen molar-refractivity contribution in [2.45, 2.75) is 26.7 Å². The van der Waals surface area contributed by atoms with E-state index in [1.54, 1.807) is 0 Å². The summed E-state index contributed by atoms with van der Waals surface area (Å²) in [7, 11) is 0. The van der Waals surface area contributed by atoms with Crippen LogP contribution in [0.3, 0.4) is 0 Å². The summed E-state index contributed by atoms with van der Waals surface area (Å²) < 4.78 is 0.935. The van der Waals surface area contributed by atoms with Gasteiger partial charge >= 0.3 is 0 Å². The lowest BCUT2D eigenvalue weighted by Crippen LogP contribution is -2.47. The molecule has 2 bridgehead atoms. The summed E-state index contributed by atoms with van der Waals surface area (Å²) in [5.41, 5.74) is 3.10. The fraction of sp³-hybridized carbons (Fsp3) is 0.500. The largest absolute Gasteiger partial charge is 0.241 e. The minimum Gasteiger partial charge on any atom is -0.241 e. The molecule has 0 radical (unpaired) electrons. The third-order valence-corrected chi connectivity index (χ3v) is 4.92. The number of hydrogen-bond acceptors (Lipinski definition) is 1. The molecule has 0 unspecified atom stereocenters.